The summed E-state index contributed by atoms with van der Waals surface area (Å²) in [5.74, 6) is 0. The second-order valence-electron chi connectivity index (χ2n) is 5.38. The molecule has 0 aromatic rings. The molecule has 0 atom stereocenters. The normalized spacial score (nSPS) is 14.9. The van der Waals surface area contributed by atoms with Crippen LogP contribution in [0.1, 0.15) is 59.3 Å². The van der Waals surface area contributed by atoms with Gasteiger partial charge in [0.25, 0.3) is 0 Å². The molecule has 0 spiro atoms. The number of rotatable bonds is 9. The van der Waals surface area contributed by atoms with Crippen molar-refractivity contribution < 1.29 is 0 Å². The Morgan fingerprint density at radius 3 is 1.20 bits per heavy atom. The first-order valence-electron chi connectivity index (χ1n) is 6.69. The van der Waals surface area contributed by atoms with Crippen LogP contribution in [0.25, 0.3) is 0 Å². The number of hydrogen-bond acceptors (Lipinski definition) is 0. The van der Waals surface area contributed by atoms with E-state index in [9.17, 15) is 0 Å². The van der Waals surface area contributed by atoms with Gasteiger partial charge in [-0.3, -0.25) is 0 Å². The van der Waals surface area contributed by atoms with Gasteiger partial charge < -0.3 is 0 Å². The van der Waals surface area contributed by atoms with Gasteiger partial charge in [0.05, 0.1) is 0 Å². The van der Waals surface area contributed by atoms with Crippen LogP contribution in [0.15, 0.2) is 0 Å². The van der Waals surface area contributed by atoms with E-state index in [1.165, 1.54) is 54.2 Å². The molecule has 0 aromatic carbocycles. The van der Waals surface area contributed by atoms with Crippen molar-refractivity contribution in [3.8, 4) is 0 Å². The van der Waals surface area contributed by atoms with Crippen molar-refractivity contribution in [2.24, 2.45) is 0 Å². The van der Waals surface area contributed by atoms with E-state index in [4.69, 9.17) is 9.95 Å². The average Bonchev–Trinajstić information content (AvgIpc) is 2.22. The molecule has 0 saturated carbocycles. The zero-order valence-corrected chi connectivity index (χ0v) is 13.8. The van der Waals surface area contributed by atoms with Crippen LogP contribution < -0.4 is 0 Å². The topological polar surface area (TPSA) is 0 Å². The first-order valence-corrected chi connectivity index (χ1v) is 15.0. The Bertz CT molecular complexity index is 137. The molecular formula is C13H30AsCl. The minimum atomic E-state index is -2.37. The predicted octanol–water partition coefficient (Wildman–Crippen LogP) is 6.15. The fraction of sp³-hybridized carbons (Fsp3) is 1.00. The summed E-state index contributed by atoms with van der Waals surface area (Å²) in [6.07, 6.45) is 7.94. The van der Waals surface area contributed by atoms with E-state index in [0.29, 0.717) is 0 Å². The molecule has 0 N–H and O–H groups in total. The van der Waals surface area contributed by atoms with Crippen LogP contribution in [-0.4, -0.2) is 11.5 Å². The monoisotopic (exact) mass is 296 g/mol. The van der Waals surface area contributed by atoms with Gasteiger partial charge in [-0.05, 0) is 0 Å². The van der Waals surface area contributed by atoms with E-state index in [2.05, 4.69) is 26.5 Å². The molecule has 2 heteroatoms. The zero-order valence-electron chi connectivity index (χ0n) is 11.2. The fourth-order valence-electron chi connectivity index (χ4n) is 2.13. The molecule has 0 nitrogen and oxygen atoms in total. The summed E-state index contributed by atoms with van der Waals surface area (Å²) >= 11 is -2.37. The van der Waals surface area contributed by atoms with Crippen LogP contribution in [0, 0.1) is 0 Å². The molecule has 0 aliphatic rings. The van der Waals surface area contributed by atoms with E-state index in [0.717, 1.165) is 0 Å². The van der Waals surface area contributed by atoms with Gasteiger partial charge in [0.1, 0.15) is 0 Å². The van der Waals surface area contributed by atoms with Crippen LogP contribution in [-0.2, 0) is 0 Å². The van der Waals surface area contributed by atoms with Gasteiger partial charge in [-0.15, -0.1) is 0 Å². The molecular weight excluding hydrogens is 267 g/mol. The minimum absolute atomic E-state index is 1.30. The number of hydrogen-bond donors (Lipinski definition) is 0. The average molecular weight is 297 g/mol. The van der Waals surface area contributed by atoms with Crippen LogP contribution >= 0.6 is 9.95 Å². The quantitative estimate of drug-likeness (QED) is 0.447. The molecule has 0 amide bonds. The second kappa shape index (κ2) is 7.23. The van der Waals surface area contributed by atoms with Crippen molar-refractivity contribution in [1.29, 1.82) is 0 Å². The Labute approximate surface area is 102 Å². The SMILES string of the molecule is CCCC[As](C)(Cl)(CCCC)CCCC. The van der Waals surface area contributed by atoms with Gasteiger partial charge in [0.2, 0.25) is 0 Å². The number of unbranched alkanes of at least 4 members (excludes halogenated alkanes) is 3. The van der Waals surface area contributed by atoms with Crippen LogP contribution in [0.4, 0.5) is 0 Å². The van der Waals surface area contributed by atoms with E-state index < -0.39 is 11.5 Å². The third-order valence-corrected chi connectivity index (χ3v) is 15.9. The van der Waals surface area contributed by atoms with E-state index >= 15 is 0 Å². The molecule has 0 saturated heterocycles. The summed E-state index contributed by atoms with van der Waals surface area (Å²) < 4.78 is 0. The van der Waals surface area contributed by atoms with Gasteiger partial charge in [0, 0.05) is 0 Å². The molecule has 0 heterocycles. The van der Waals surface area contributed by atoms with Gasteiger partial charge in [-0.1, -0.05) is 0 Å². The predicted molar refractivity (Wildman–Crippen MR) is 76.6 cm³/mol. The van der Waals surface area contributed by atoms with E-state index in [-0.39, 0.29) is 0 Å². The van der Waals surface area contributed by atoms with E-state index in [1.54, 1.807) is 0 Å². The molecule has 0 aromatic heterocycles. The van der Waals surface area contributed by atoms with Crippen molar-refractivity contribution >= 4 is 21.5 Å². The van der Waals surface area contributed by atoms with Crippen molar-refractivity contribution in [2.75, 3.05) is 0 Å². The first-order chi connectivity index (χ1) is 6.96. The van der Waals surface area contributed by atoms with Gasteiger partial charge in [-0.25, -0.2) is 0 Å². The molecule has 0 radical (unpaired) electrons. The van der Waals surface area contributed by atoms with Crippen LogP contribution in [0.3, 0.4) is 0 Å². The van der Waals surface area contributed by atoms with Gasteiger partial charge >= 0.3 is 102 Å². The molecule has 15 heavy (non-hydrogen) atoms. The summed E-state index contributed by atoms with van der Waals surface area (Å²) in [5.41, 5.74) is 2.47. The third kappa shape index (κ3) is 6.90. The van der Waals surface area contributed by atoms with Crippen LogP contribution in [0.2, 0.25) is 21.3 Å². The fourth-order valence-corrected chi connectivity index (χ4v) is 13.0. The van der Waals surface area contributed by atoms with Crippen molar-refractivity contribution in [2.45, 2.75) is 80.6 Å². The van der Waals surface area contributed by atoms with Crippen molar-refractivity contribution in [3.05, 3.63) is 0 Å². The Morgan fingerprint density at radius 2 is 1.00 bits per heavy atom. The molecule has 0 fully saturated rings. The van der Waals surface area contributed by atoms with E-state index in [1.807, 2.05) is 0 Å². The Hall–Kier alpha value is 0.848. The maximum absolute atomic E-state index is 7.11. The molecule has 0 bridgehead atoms. The summed E-state index contributed by atoms with van der Waals surface area (Å²) in [5, 5.41) is 4.07. The van der Waals surface area contributed by atoms with Gasteiger partial charge in [0.15, 0.2) is 0 Å². The summed E-state index contributed by atoms with van der Waals surface area (Å²) in [7, 11) is 7.11. The zero-order chi connectivity index (χ0) is 11.8. The summed E-state index contributed by atoms with van der Waals surface area (Å²) in [6.45, 7) is 6.84. The molecule has 94 valence electrons. The van der Waals surface area contributed by atoms with Gasteiger partial charge in [-0.2, -0.15) is 0 Å². The Kier molecular flexibility index (Phi) is 7.64. The Balaban J connectivity index is 4.33. The molecule has 0 unspecified atom stereocenters. The van der Waals surface area contributed by atoms with Crippen molar-refractivity contribution in [1.82, 2.24) is 0 Å². The second-order valence-corrected chi connectivity index (χ2v) is 22.7. The maximum atomic E-state index is 7.11. The Morgan fingerprint density at radius 1 is 0.733 bits per heavy atom. The van der Waals surface area contributed by atoms with Crippen LogP contribution in [0.5, 0.6) is 0 Å². The molecule has 0 aliphatic carbocycles. The summed E-state index contributed by atoms with van der Waals surface area (Å²) in [6, 6.07) is 0. The van der Waals surface area contributed by atoms with Crippen molar-refractivity contribution in [3.63, 3.8) is 0 Å². The molecule has 0 rings (SSSR count). The third-order valence-electron chi connectivity index (χ3n) is 3.41. The summed E-state index contributed by atoms with van der Waals surface area (Å²) in [4.78, 5) is 0. The first kappa shape index (κ1) is 15.8. The number of halogens is 1. The standard InChI is InChI=1S/C13H30AsCl/c1-5-8-11-14(4,15,12-9-6-2)13-10-7-3/h5-13H2,1-4H3. The molecule has 0 aliphatic heterocycles.